The Morgan fingerprint density at radius 1 is 0.569 bits per heavy atom. The first-order chi connectivity index (χ1) is 25.4. The highest BCUT2D eigenvalue weighted by Gasteiger charge is 2.55. The normalized spacial score (nSPS) is 17.5. The predicted octanol–water partition coefficient (Wildman–Crippen LogP) is 8.97. The molecule has 0 fully saturated rings. The fourth-order valence-electron chi connectivity index (χ4n) is 7.65. The van der Waals surface area contributed by atoms with Crippen molar-refractivity contribution in [3.63, 3.8) is 0 Å². The largest absolute Gasteiger partial charge is 0.261 e. The molecule has 0 N–H and O–H groups in total. The van der Waals surface area contributed by atoms with Crippen LogP contribution in [-0.2, 0) is 5.41 Å². The zero-order valence-electron chi connectivity index (χ0n) is 27.3. The standard InChI is InChI=1S/C43H29N7S/c1-2-14-30(15-3-1)43(36-20-10-27-51-36)40(32-17-8-13-29-12-4-5-16-31(29)32)37(33-18-6-7-21-45-33)39(42-47-22-11-23-48-42)38(34-19-9-24-49-50-34)41(43)35-28-44-25-26-46-35/h1-28,41H. The van der Waals surface area contributed by atoms with Gasteiger partial charge in [0.1, 0.15) is 0 Å². The van der Waals surface area contributed by atoms with E-state index in [0.717, 1.165) is 60.5 Å². The number of nitrogens with zero attached hydrogens (tertiary/aromatic N) is 7. The van der Waals surface area contributed by atoms with Gasteiger partial charge < -0.3 is 0 Å². The van der Waals surface area contributed by atoms with Crippen LogP contribution in [0.15, 0.2) is 170 Å². The minimum absolute atomic E-state index is 0.468. The monoisotopic (exact) mass is 675 g/mol. The lowest BCUT2D eigenvalue weighted by Crippen LogP contribution is -2.40. The SMILES string of the molecule is c1ccc(C2(c3cccs3)C(c3cccc4ccccc34)=C(c3ccccn3)C(c3ncccn3)=C(c3cccnn3)C2c2cnccn2)cc1. The third kappa shape index (κ3) is 5.07. The van der Waals surface area contributed by atoms with Gasteiger partial charge in [-0.1, -0.05) is 84.9 Å². The molecule has 242 valence electrons. The van der Waals surface area contributed by atoms with Gasteiger partial charge in [0.25, 0.3) is 0 Å². The van der Waals surface area contributed by atoms with Crippen molar-refractivity contribution in [2.24, 2.45) is 0 Å². The summed E-state index contributed by atoms with van der Waals surface area (Å²) in [6, 6.07) is 42.0. The summed E-state index contributed by atoms with van der Waals surface area (Å²) in [6.07, 6.45) is 12.5. The van der Waals surface area contributed by atoms with Crippen LogP contribution in [0, 0.1) is 0 Å². The van der Waals surface area contributed by atoms with Crippen molar-refractivity contribution in [1.82, 2.24) is 35.1 Å². The van der Waals surface area contributed by atoms with E-state index in [1.54, 1.807) is 42.3 Å². The molecule has 51 heavy (non-hydrogen) atoms. The molecular weight excluding hydrogens is 647 g/mol. The quantitative estimate of drug-likeness (QED) is 0.167. The van der Waals surface area contributed by atoms with Gasteiger partial charge in [0.05, 0.1) is 22.5 Å². The Morgan fingerprint density at radius 3 is 2.14 bits per heavy atom. The second-order valence-electron chi connectivity index (χ2n) is 12.2. The average Bonchev–Trinajstić information content (AvgIpc) is 3.77. The Labute approximate surface area is 298 Å². The summed E-state index contributed by atoms with van der Waals surface area (Å²) in [5, 5.41) is 13.6. The number of pyridine rings is 1. The first-order valence-electron chi connectivity index (χ1n) is 16.7. The van der Waals surface area contributed by atoms with Gasteiger partial charge in [0.15, 0.2) is 5.82 Å². The fourth-order valence-corrected chi connectivity index (χ4v) is 8.64. The summed E-state index contributed by atoms with van der Waals surface area (Å²) >= 11 is 1.72. The molecule has 8 heteroatoms. The van der Waals surface area contributed by atoms with Crippen LogP contribution in [-0.4, -0.2) is 35.1 Å². The molecule has 8 aromatic rings. The van der Waals surface area contributed by atoms with Crippen molar-refractivity contribution in [3.8, 4) is 0 Å². The first kappa shape index (κ1) is 30.5. The van der Waals surface area contributed by atoms with Crippen molar-refractivity contribution in [2.75, 3.05) is 0 Å². The van der Waals surface area contributed by atoms with Crippen molar-refractivity contribution in [1.29, 1.82) is 0 Å². The molecule has 2 atom stereocenters. The highest BCUT2D eigenvalue weighted by molar-refractivity contribution is 7.10. The van der Waals surface area contributed by atoms with Gasteiger partial charge >= 0.3 is 0 Å². The average molecular weight is 676 g/mol. The highest BCUT2D eigenvalue weighted by Crippen LogP contribution is 2.66. The number of benzene rings is 3. The molecule has 9 rings (SSSR count). The molecule has 5 heterocycles. The molecule has 1 aliphatic carbocycles. The lowest BCUT2D eigenvalue weighted by molar-refractivity contribution is 0.593. The summed E-state index contributed by atoms with van der Waals surface area (Å²) < 4.78 is 0. The maximum Gasteiger partial charge on any atom is 0.160 e. The Balaban J connectivity index is 1.62. The van der Waals surface area contributed by atoms with Crippen LogP contribution < -0.4 is 0 Å². The molecule has 0 radical (unpaired) electrons. The number of aromatic nitrogens is 7. The topological polar surface area (TPSA) is 90.2 Å². The third-order valence-electron chi connectivity index (χ3n) is 9.52. The molecule has 0 saturated heterocycles. The van der Waals surface area contributed by atoms with Gasteiger partial charge in [-0.15, -0.1) is 11.3 Å². The van der Waals surface area contributed by atoms with E-state index in [0.29, 0.717) is 11.5 Å². The van der Waals surface area contributed by atoms with Crippen molar-refractivity contribution in [3.05, 3.63) is 209 Å². The first-order valence-corrected chi connectivity index (χ1v) is 17.5. The number of rotatable bonds is 7. The van der Waals surface area contributed by atoms with Crippen LogP contribution in [0.2, 0.25) is 0 Å². The maximum absolute atomic E-state index is 5.11. The van der Waals surface area contributed by atoms with Crippen LogP contribution in [0.4, 0.5) is 0 Å². The van der Waals surface area contributed by atoms with Gasteiger partial charge in [0, 0.05) is 70.9 Å². The number of thiophene rings is 1. The van der Waals surface area contributed by atoms with Gasteiger partial charge in [-0.2, -0.15) is 10.2 Å². The highest BCUT2D eigenvalue weighted by atomic mass is 32.1. The number of fused-ring (bicyclic) bond motifs is 1. The minimum atomic E-state index is -0.881. The summed E-state index contributed by atoms with van der Waals surface area (Å²) in [6.45, 7) is 0. The van der Waals surface area contributed by atoms with E-state index in [4.69, 9.17) is 25.0 Å². The molecule has 0 bridgehead atoms. The van der Waals surface area contributed by atoms with Crippen LogP contribution in [0.5, 0.6) is 0 Å². The third-order valence-corrected chi connectivity index (χ3v) is 10.5. The molecule has 3 aromatic carbocycles. The van der Waals surface area contributed by atoms with Crippen LogP contribution in [0.3, 0.4) is 0 Å². The molecule has 0 saturated carbocycles. The maximum atomic E-state index is 5.11. The van der Waals surface area contributed by atoms with Gasteiger partial charge in [-0.25, -0.2) is 9.97 Å². The molecule has 0 spiro atoms. The van der Waals surface area contributed by atoms with E-state index in [2.05, 4.69) is 106 Å². The zero-order chi connectivity index (χ0) is 34.0. The van der Waals surface area contributed by atoms with E-state index in [-0.39, 0.29) is 0 Å². The predicted molar refractivity (Wildman–Crippen MR) is 202 cm³/mol. The second-order valence-corrected chi connectivity index (χ2v) is 13.1. The van der Waals surface area contributed by atoms with Crippen molar-refractivity contribution >= 4 is 44.4 Å². The van der Waals surface area contributed by atoms with E-state index < -0.39 is 11.3 Å². The second kappa shape index (κ2) is 13.1. The molecule has 1 aliphatic rings. The van der Waals surface area contributed by atoms with Gasteiger partial charge in [-0.05, 0) is 69.3 Å². The lowest BCUT2D eigenvalue weighted by atomic mass is 9.54. The van der Waals surface area contributed by atoms with Gasteiger partial charge in [-0.3, -0.25) is 15.0 Å². The molecule has 7 nitrogen and oxygen atoms in total. The molecule has 0 aliphatic heterocycles. The van der Waals surface area contributed by atoms with Crippen molar-refractivity contribution < 1.29 is 0 Å². The molecular formula is C43H29N7S. The Morgan fingerprint density at radius 2 is 1.37 bits per heavy atom. The molecule has 5 aromatic heterocycles. The Kier molecular flexibility index (Phi) is 7.83. The minimum Gasteiger partial charge on any atom is -0.261 e. The summed E-state index contributed by atoms with van der Waals surface area (Å²) in [4.78, 5) is 25.9. The summed E-state index contributed by atoms with van der Waals surface area (Å²) in [5.74, 6) is 0.0856. The van der Waals surface area contributed by atoms with E-state index in [1.165, 1.54) is 0 Å². The summed E-state index contributed by atoms with van der Waals surface area (Å²) in [5.41, 5.74) is 7.23. The fraction of sp³-hybridized carbons (Fsp3) is 0.0465. The number of hydrogen-bond acceptors (Lipinski definition) is 8. The van der Waals surface area contributed by atoms with E-state index >= 15 is 0 Å². The summed E-state index contributed by atoms with van der Waals surface area (Å²) in [7, 11) is 0. The van der Waals surface area contributed by atoms with E-state index in [9.17, 15) is 0 Å². The van der Waals surface area contributed by atoms with Gasteiger partial charge in [0.2, 0.25) is 0 Å². The van der Waals surface area contributed by atoms with Crippen LogP contribution in [0.1, 0.15) is 44.8 Å². The Hall–Kier alpha value is -6.51. The Bertz CT molecular complexity index is 2500. The lowest BCUT2D eigenvalue weighted by Gasteiger charge is -2.48. The smallest absolute Gasteiger partial charge is 0.160 e. The van der Waals surface area contributed by atoms with Crippen molar-refractivity contribution in [2.45, 2.75) is 11.3 Å². The van der Waals surface area contributed by atoms with Crippen LogP contribution >= 0.6 is 11.3 Å². The molecule has 0 amide bonds. The molecule has 2 unspecified atom stereocenters. The van der Waals surface area contributed by atoms with Crippen LogP contribution in [0.25, 0.3) is 33.1 Å². The van der Waals surface area contributed by atoms with E-state index in [1.807, 2.05) is 42.7 Å². The number of allylic oxidation sites excluding steroid dienone is 4. The number of hydrogen-bond donors (Lipinski definition) is 0. The zero-order valence-corrected chi connectivity index (χ0v) is 28.1.